The summed E-state index contributed by atoms with van der Waals surface area (Å²) in [6.45, 7) is 4.65. The molecular formula is C22H29N3O3S. The number of piperidine rings is 1. The lowest BCUT2D eigenvalue weighted by Gasteiger charge is -2.34. The topological polar surface area (TPSA) is 71.0 Å². The van der Waals surface area contributed by atoms with Crippen molar-refractivity contribution in [2.45, 2.75) is 30.8 Å². The van der Waals surface area contributed by atoms with Gasteiger partial charge in [-0.25, -0.2) is 8.42 Å². The third-order valence-corrected chi connectivity index (χ3v) is 6.56. The van der Waals surface area contributed by atoms with Crippen LogP contribution in [0.5, 0.6) is 5.75 Å². The first-order valence-corrected chi connectivity index (χ1v) is 11.8. The lowest BCUT2D eigenvalue weighted by atomic mass is 10.1. The minimum Gasteiger partial charge on any atom is -0.490 e. The van der Waals surface area contributed by atoms with Crippen molar-refractivity contribution in [1.29, 1.82) is 0 Å². The summed E-state index contributed by atoms with van der Waals surface area (Å²) in [7, 11) is -3.32. The molecule has 0 aromatic heterocycles. The van der Waals surface area contributed by atoms with Gasteiger partial charge in [0.2, 0.25) is 0 Å². The van der Waals surface area contributed by atoms with Gasteiger partial charge in [0, 0.05) is 32.5 Å². The monoisotopic (exact) mass is 415 g/mol. The van der Waals surface area contributed by atoms with Crippen molar-refractivity contribution in [3.63, 3.8) is 0 Å². The second-order valence-electron chi connectivity index (χ2n) is 6.98. The van der Waals surface area contributed by atoms with E-state index in [0.29, 0.717) is 4.90 Å². The normalized spacial score (nSPS) is 15.9. The highest BCUT2D eigenvalue weighted by atomic mass is 32.2. The zero-order valence-corrected chi connectivity index (χ0v) is 17.6. The smallest absolute Gasteiger partial charge is 0.193 e. The fourth-order valence-electron chi connectivity index (χ4n) is 3.32. The summed E-state index contributed by atoms with van der Waals surface area (Å²) < 4.78 is 30.9. The minimum absolute atomic E-state index is 0.000505. The highest BCUT2D eigenvalue weighted by Gasteiger charge is 2.23. The predicted molar refractivity (Wildman–Crippen MR) is 116 cm³/mol. The Kier molecular flexibility index (Phi) is 7.52. The molecule has 0 bridgehead atoms. The van der Waals surface area contributed by atoms with E-state index in [-0.39, 0.29) is 18.4 Å². The van der Waals surface area contributed by atoms with Crippen molar-refractivity contribution in [3.05, 3.63) is 60.7 Å². The van der Waals surface area contributed by atoms with Crippen molar-refractivity contribution in [2.75, 3.05) is 31.9 Å². The Morgan fingerprint density at radius 1 is 1.07 bits per heavy atom. The lowest BCUT2D eigenvalue weighted by molar-refractivity contribution is 0.129. The molecule has 1 heterocycles. The van der Waals surface area contributed by atoms with Crippen LogP contribution in [0.1, 0.15) is 19.8 Å². The van der Waals surface area contributed by atoms with E-state index >= 15 is 0 Å². The van der Waals surface area contributed by atoms with Gasteiger partial charge < -0.3 is 15.0 Å². The molecule has 0 unspecified atom stereocenters. The van der Waals surface area contributed by atoms with Gasteiger partial charge in [0.05, 0.1) is 17.2 Å². The molecule has 0 spiro atoms. The fraction of sp³-hybridized carbons (Fsp3) is 0.409. The first-order chi connectivity index (χ1) is 14.1. The molecule has 0 amide bonds. The molecular weight excluding hydrogens is 386 g/mol. The van der Waals surface area contributed by atoms with Crippen molar-refractivity contribution in [3.8, 4) is 5.75 Å². The molecule has 0 saturated carbocycles. The second-order valence-corrected chi connectivity index (χ2v) is 9.09. The second kappa shape index (κ2) is 10.3. The molecule has 1 aliphatic heterocycles. The zero-order chi connectivity index (χ0) is 20.5. The predicted octanol–water partition coefficient (Wildman–Crippen LogP) is 2.97. The quantitative estimate of drug-likeness (QED) is 0.556. The van der Waals surface area contributed by atoms with Crippen LogP contribution in [0, 0.1) is 0 Å². The maximum absolute atomic E-state index is 12.4. The molecule has 1 aliphatic rings. The number of rotatable bonds is 7. The number of hydrogen-bond acceptors (Lipinski definition) is 4. The van der Waals surface area contributed by atoms with Crippen molar-refractivity contribution < 1.29 is 13.2 Å². The molecule has 7 heteroatoms. The molecule has 2 aromatic rings. The van der Waals surface area contributed by atoms with Gasteiger partial charge in [-0.1, -0.05) is 36.4 Å². The number of sulfone groups is 1. The van der Waals surface area contributed by atoms with Crippen LogP contribution in [0.3, 0.4) is 0 Å². The zero-order valence-electron chi connectivity index (χ0n) is 16.8. The van der Waals surface area contributed by atoms with Crippen LogP contribution in [0.2, 0.25) is 0 Å². The highest BCUT2D eigenvalue weighted by molar-refractivity contribution is 7.91. The Labute approximate surface area is 173 Å². The van der Waals surface area contributed by atoms with Gasteiger partial charge in [0.15, 0.2) is 15.8 Å². The first kappa shape index (κ1) is 21.2. The number of nitrogens with one attached hydrogen (secondary N) is 1. The van der Waals surface area contributed by atoms with E-state index in [1.165, 1.54) is 0 Å². The van der Waals surface area contributed by atoms with Gasteiger partial charge in [-0.15, -0.1) is 0 Å². The summed E-state index contributed by atoms with van der Waals surface area (Å²) in [5.74, 6) is 1.67. The van der Waals surface area contributed by atoms with E-state index < -0.39 is 9.84 Å². The minimum atomic E-state index is -3.32. The van der Waals surface area contributed by atoms with Gasteiger partial charge >= 0.3 is 0 Å². The lowest BCUT2D eigenvalue weighted by Crippen LogP contribution is -2.47. The number of nitrogens with zero attached hydrogens (tertiary/aromatic N) is 2. The van der Waals surface area contributed by atoms with Gasteiger partial charge in [0.25, 0.3) is 0 Å². The summed E-state index contributed by atoms with van der Waals surface area (Å²) in [5.41, 5.74) is 0. The summed E-state index contributed by atoms with van der Waals surface area (Å²) in [5, 5.41) is 3.28. The van der Waals surface area contributed by atoms with E-state index in [1.54, 1.807) is 24.3 Å². The summed E-state index contributed by atoms with van der Waals surface area (Å²) in [4.78, 5) is 7.10. The maximum atomic E-state index is 12.4. The van der Waals surface area contributed by atoms with Gasteiger partial charge in [0.1, 0.15) is 11.9 Å². The number of hydrogen-bond donors (Lipinski definition) is 1. The van der Waals surface area contributed by atoms with E-state index in [0.717, 1.165) is 44.2 Å². The van der Waals surface area contributed by atoms with Gasteiger partial charge in [-0.05, 0) is 31.2 Å². The number of ether oxygens (including phenoxy) is 1. The Morgan fingerprint density at radius 3 is 2.31 bits per heavy atom. The van der Waals surface area contributed by atoms with Crippen molar-refractivity contribution >= 4 is 15.8 Å². The molecule has 1 fully saturated rings. The summed E-state index contributed by atoms with van der Waals surface area (Å²) >= 11 is 0. The highest BCUT2D eigenvalue weighted by Crippen LogP contribution is 2.18. The van der Waals surface area contributed by atoms with Crippen LogP contribution in [0.25, 0.3) is 0 Å². The molecule has 0 aliphatic carbocycles. The first-order valence-electron chi connectivity index (χ1n) is 10.1. The van der Waals surface area contributed by atoms with Crippen molar-refractivity contribution in [1.82, 2.24) is 10.2 Å². The Morgan fingerprint density at radius 2 is 1.69 bits per heavy atom. The Hall–Kier alpha value is -2.54. The van der Waals surface area contributed by atoms with E-state index in [2.05, 4.69) is 15.2 Å². The molecule has 156 valence electrons. The molecule has 0 radical (unpaired) electrons. The molecule has 29 heavy (non-hydrogen) atoms. The molecule has 2 aromatic carbocycles. The number of likely N-dealkylation sites (tertiary alicyclic amines) is 1. The largest absolute Gasteiger partial charge is 0.490 e. The Bertz CT molecular complexity index is 878. The average molecular weight is 416 g/mol. The number of guanidine groups is 1. The average Bonchev–Trinajstić information content (AvgIpc) is 2.75. The van der Waals surface area contributed by atoms with Crippen LogP contribution < -0.4 is 10.1 Å². The summed E-state index contributed by atoms with van der Waals surface area (Å²) in [6.07, 6.45) is 2.00. The third-order valence-electron chi connectivity index (χ3n) is 4.85. The molecule has 0 atom stereocenters. The van der Waals surface area contributed by atoms with E-state index in [1.807, 2.05) is 43.3 Å². The SMILES string of the molecule is CCNC(=NCCS(=O)(=O)c1ccccc1)N1CCC(Oc2ccccc2)CC1. The molecule has 1 saturated heterocycles. The fourth-order valence-corrected chi connectivity index (χ4v) is 4.46. The van der Waals surface area contributed by atoms with Crippen LogP contribution in [0.15, 0.2) is 70.6 Å². The Balaban J connectivity index is 1.54. The van der Waals surface area contributed by atoms with Gasteiger partial charge in [-0.3, -0.25) is 4.99 Å². The van der Waals surface area contributed by atoms with Crippen LogP contribution in [-0.2, 0) is 9.84 Å². The standard InChI is InChI=1S/C22H29N3O3S/c1-2-23-22(24-15-18-29(26,27)21-11-7-4-8-12-21)25-16-13-20(14-17-25)28-19-9-5-3-6-10-19/h3-12,20H,2,13-18H2,1H3,(H,23,24). The molecule has 6 nitrogen and oxygen atoms in total. The maximum Gasteiger partial charge on any atom is 0.193 e. The van der Waals surface area contributed by atoms with Crippen LogP contribution in [0.4, 0.5) is 0 Å². The van der Waals surface area contributed by atoms with Gasteiger partial charge in [-0.2, -0.15) is 0 Å². The van der Waals surface area contributed by atoms with Crippen molar-refractivity contribution in [2.24, 2.45) is 4.99 Å². The number of benzene rings is 2. The van der Waals surface area contributed by atoms with E-state index in [4.69, 9.17) is 4.74 Å². The molecule has 3 rings (SSSR count). The van der Waals surface area contributed by atoms with E-state index in [9.17, 15) is 8.42 Å². The molecule has 1 N–H and O–H groups in total. The summed E-state index contributed by atoms with van der Waals surface area (Å²) in [6, 6.07) is 18.4. The number of aliphatic imine (C=N–C) groups is 1. The third kappa shape index (κ3) is 6.22. The van der Waals surface area contributed by atoms with Crippen LogP contribution in [-0.4, -0.2) is 57.3 Å². The van der Waals surface area contributed by atoms with Crippen LogP contribution >= 0.6 is 0 Å². The number of para-hydroxylation sites is 1.